The molecular weight excluding hydrogens is 254 g/mol. The molecule has 1 saturated carbocycles. The summed E-state index contributed by atoms with van der Waals surface area (Å²) in [6, 6.07) is 1.67. The molecule has 0 aromatic carbocycles. The molecule has 2 rings (SSSR count). The fraction of sp³-hybridized carbons (Fsp3) is 0.733. The molecule has 20 heavy (non-hydrogen) atoms. The van der Waals surface area contributed by atoms with Gasteiger partial charge in [0.1, 0.15) is 0 Å². The van der Waals surface area contributed by atoms with Gasteiger partial charge in [0.2, 0.25) is 17.7 Å². The van der Waals surface area contributed by atoms with Crippen molar-refractivity contribution in [2.75, 3.05) is 26.1 Å². The van der Waals surface area contributed by atoms with E-state index in [0.717, 1.165) is 18.4 Å². The Balaban J connectivity index is 1.81. The number of rotatable bonds is 6. The van der Waals surface area contributed by atoms with Gasteiger partial charge in [0, 0.05) is 6.54 Å². The molecule has 1 aromatic rings. The number of methoxy groups -OCH3 is 2. The van der Waals surface area contributed by atoms with Crippen molar-refractivity contribution in [1.29, 1.82) is 0 Å². The predicted molar refractivity (Wildman–Crippen MR) is 79.4 cm³/mol. The highest BCUT2D eigenvalue weighted by Gasteiger charge is 2.17. The monoisotopic (exact) mass is 279 g/mol. The molecule has 1 fully saturated rings. The Kier molecular flexibility index (Phi) is 5.44. The highest BCUT2D eigenvalue weighted by molar-refractivity contribution is 5.33. The van der Waals surface area contributed by atoms with Crippen LogP contribution in [0.3, 0.4) is 0 Å². The molecule has 0 bridgehead atoms. The summed E-state index contributed by atoms with van der Waals surface area (Å²) in [4.78, 5) is 8.54. The second-order valence-electron chi connectivity index (χ2n) is 5.62. The van der Waals surface area contributed by atoms with Crippen molar-refractivity contribution in [2.45, 2.75) is 39.0 Å². The largest absolute Gasteiger partial charge is 0.481 e. The van der Waals surface area contributed by atoms with E-state index in [4.69, 9.17) is 9.47 Å². The Bertz CT molecular complexity index is 395. The number of ether oxygens (including phenoxy) is 2. The zero-order valence-electron chi connectivity index (χ0n) is 12.7. The number of aromatic nitrogens is 2. The van der Waals surface area contributed by atoms with Gasteiger partial charge in [0.15, 0.2) is 0 Å². The molecule has 0 aliphatic heterocycles. The van der Waals surface area contributed by atoms with Crippen LogP contribution in [0.2, 0.25) is 0 Å². The van der Waals surface area contributed by atoms with Crippen molar-refractivity contribution < 1.29 is 9.47 Å². The van der Waals surface area contributed by atoms with Crippen molar-refractivity contribution >= 4 is 5.95 Å². The van der Waals surface area contributed by atoms with E-state index in [1.165, 1.54) is 32.1 Å². The van der Waals surface area contributed by atoms with Crippen molar-refractivity contribution in [3.8, 4) is 11.8 Å². The lowest BCUT2D eigenvalue weighted by molar-refractivity contribution is 0.281. The molecule has 0 amide bonds. The minimum absolute atomic E-state index is 0.519. The molecule has 0 spiro atoms. The first-order chi connectivity index (χ1) is 9.71. The first kappa shape index (κ1) is 14.9. The van der Waals surface area contributed by atoms with Crippen LogP contribution in [-0.4, -0.2) is 30.7 Å². The maximum absolute atomic E-state index is 5.13. The molecule has 112 valence electrons. The molecule has 0 atom stereocenters. The summed E-state index contributed by atoms with van der Waals surface area (Å²) in [5.74, 6) is 3.36. The summed E-state index contributed by atoms with van der Waals surface area (Å²) in [6.07, 6.45) is 6.62. The van der Waals surface area contributed by atoms with Crippen LogP contribution in [0.25, 0.3) is 0 Å². The van der Waals surface area contributed by atoms with Gasteiger partial charge in [-0.05, 0) is 18.3 Å². The molecule has 1 aromatic heterocycles. The molecule has 1 aliphatic rings. The Hall–Kier alpha value is -1.52. The molecular formula is C15H25N3O2. The fourth-order valence-electron chi connectivity index (χ4n) is 2.70. The molecule has 1 N–H and O–H groups in total. The lowest BCUT2D eigenvalue weighted by atomic mass is 9.81. The zero-order valence-corrected chi connectivity index (χ0v) is 12.7. The van der Waals surface area contributed by atoms with Gasteiger partial charge in [-0.3, -0.25) is 0 Å². The van der Waals surface area contributed by atoms with E-state index in [1.807, 2.05) is 0 Å². The van der Waals surface area contributed by atoms with Crippen LogP contribution >= 0.6 is 0 Å². The van der Waals surface area contributed by atoms with E-state index in [0.29, 0.717) is 17.7 Å². The maximum atomic E-state index is 5.13. The van der Waals surface area contributed by atoms with Gasteiger partial charge in [-0.2, -0.15) is 9.97 Å². The van der Waals surface area contributed by atoms with Crippen LogP contribution in [0.4, 0.5) is 5.95 Å². The number of hydrogen-bond acceptors (Lipinski definition) is 5. The van der Waals surface area contributed by atoms with Gasteiger partial charge in [0.05, 0.1) is 20.3 Å². The molecule has 5 heteroatoms. The Morgan fingerprint density at radius 3 is 2.25 bits per heavy atom. The van der Waals surface area contributed by atoms with Crippen molar-refractivity contribution in [1.82, 2.24) is 9.97 Å². The summed E-state index contributed by atoms with van der Waals surface area (Å²) < 4.78 is 10.3. The average molecular weight is 279 g/mol. The topological polar surface area (TPSA) is 56.3 Å². The van der Waals surface area contributed by atoms with Gasteiger partial charge >= 0.3 is 0 Å². The summed E-state index contributed by atoms with van der Waals surface area (Å²) in [7, 11) is 3.18. The van der Waals surface area contributed by atoms with E-state index < -0.39 is 0 Å². The number of nitrogens with zero attached hydrogens (tertiary/aromatic N) is 2. The van der Waals surface area contributed by atoms with E-state index in [9.17, 15) is 0 Å². The number of nitrogens with one attached hydrogen (secondary N) is 1. The number of hydrogen-bond donors (Lipinski definition) is 1. The molecule has 5 nitrogen and oxygen atoms in total. The van der Waals surface area contributed by atoms with Gasteiger partial charge in [-0.25, -0.2) is 0 Å². The third-order valence-corrected chi connectivity index (χ3v) is 4.07. The molecule has 1 aliphatic carbocycles. The van der Waals surface area contributed by atoms with Crippen LogP contribution in [0, 0.1) is 11.8 Å². The van der Waals surface area contributed by atoms with Crippen LogP contribution in [0.15, 0.2) is 6.07 Å². The Morgan fingerprint density at radius 2 is 1.70 bits per heavy atom. The molecule has 0 saturated heterocycles. The highest BCUT2D eigenvalue weighted by atomic mass is 16.5. The minimum atomic E-state index is 0.519. The van der Waals surface area contributed by atoms with Gasteiger partial charge < -0.3 is 14.8 Å². The smallest absolute Gasteiger partial charge is 0.229 e. The standard InChI is InChI=1S/C15H25N3O2/c1-11-4-6-12(7-5-11)8-9-16-15-17-13(19-2)10-14(18-15)20-3/h10-12H,4-9H2,1-3H3,(H,16,17,18). The van der Waals surface area contributed by atoms with Crippen molar-refractivity contribution in [3.63, 3.8) is 0 Å². The lowest BCUT2D eigenvalue weighted by Crippen LogP contribution is -2.16. The minimum Gasteiger partial charge on any atom is -0.481 e. The lowest BCUT2D eigenvalue weighted by Gasteiger charge is -2.26. The maximum Gasteiger partial charge on any atom is 0.229 e. The third-order valence-electron chi connectivity index (χ3n) is 4.07. The fourth-order valence-corrected chi connectivity index (χ4v) is 2.70. The molecule has 0 unspecified atom stereocenters. The first-order valence-electron chi connectivity index (χ1n) is 7.42. The van der Waals surface area contributed by atoms with Crippen molar-refractivity contribution in [2.24, 2.45) is 11.8 Å². The van der Waals surface area contributed by atoms with Gasteiger partial charge in [-0.15, -0.1) is 0 Å². The van der Waals surface area contributed by atoms with E-state index >= 15 is 0 Å². The molecule has 1 heterocycles. The zero-order chi connectivity index (χ0) is 14.4. The van der Waals surface area contributed by atoms with Crippen LogP contribution in [-0.2, 0) is 0 Å². The molecule has 0 radical (unpaired) electrons. The van der Waals surface area contributed by atoms with Gasteiger partial charge in [0.25, 0.3) is 0 Å². The third kappa shape index (κ3) is 4.25. The highest BCUT2D eigenvalue weighted by Crippen LogP contribution is 2.30. The average Bonchev–Trinajstić information content (AvgIpc) is 2.49. The van der Waals surface area contributed by atoms with Gasteiger partial charge in [-0.1, -0.05) is 32.6 Å². The van der Waals surface area contributed by atoms with Crippen LogP contribution in [0.1, 0.15) is 39.0 Å². The number of anilines is 1. The van der Waals surface area contributed by atoms with E-state index in [1.54, 1.807) is 20.3 Å². The predicted octanol–water partition coefficient (Wildman–Crippen LogP) is 3.12. The normalized spacial score (nSPS) is 22.4. The summed E-state index contributed by atoms with van der Waals surface area (Å²) in [5.41, 5.74) is 0. The van der Waals surface area contributed by atoms with Crippen LogP contribution < -0.4 is 14.8 Å². The summed E-state index contributed by atoms with van der Waals surface area (Å²) >= 11 is 0. The quantitative estimate of drug-likeness (QED) is 0.867. The Labute approximate surface area is 121 Å². The summed E-state index contributed by atoms with van der Waals surface area (Å²) in [6.45, 7) is 3.25. The summed E-state index contributed by atoms with van der Waals surface area (Å²) in [5, 5.41) is 3.27. The van der Waals surface area contributed by atoms with E-state index in [-0.39, 0.29) is 0 Å². The SMILES string of the molecule is COc1cc(OC)nc(NCCC2CCC(C)CC2)n1. The van der Waals surface area contributed by atoms with E-state index in [2.05, 4.69) is 22.2 Å². The first-order valence-corrected chi connectivity index (χ1v) is 7.42. The second-order valence-corrected chi connectivity index (χ2v) is 5.62. The van der Waals surface area contributed by atoms with Crippen LogP contribution in [0.5, 0.6) is 11.8 Å². The Morgan fingerprint density at radius 1 is 1.10 bits per heavy atom. The second kappa shape index (κ2) is 7.31. The van der Waals surface area contributed by atoms with Crippen molar-refractivity contribution in [3.05, 3.63) is 6.07 Å².